The molecule has 4 N–H and O–H groups in total. The van der Waals surface area contributed by atoms with Crippen LogP contribution in [0.4, 0.5) is 16.4 Å². The Labute approximate surface area is 175 Å². The number of aromatic nitrogens is 4. The van der Waals surface area contributed by atoms with Gasteiger partial charge in [-0.3, -0.25) is 5.10 Å². The molecule has 2 aromatic heterocycles. The summed E-state index contributed by atoms with van der Waals surface area (Å²) in [5, 5.41) is 9.75. The molecule has 10 nitrogen and oxygen atoms in total. The number of ether oxygens (including phenoxy) is 2. The highest BCUT2D eigenvalue weighted by Crippen LogP contribution is 2.44. The Morgan fingerprint density at radius 1 is 1.33 bits per heavy atom. The molecule has 1 amide bonds. The Bertz CT molecular complexity index is 944. The molecule has 4 heterocycles. The highest BCUT2D eigenvalue weighted by atomic mass is 16.6. The number of aryl methyl sites for hydroxylation is 1. The molecule has 4 rings (SSSR count). The van der Waals surface area contributed by atoms with E-state index in [1.165, 1.54) is 0 Å². The zero-order valence-corrected chi connectivity index (χ0v) is 18.3. The van der Waals surface area contributed by atoms with E-state index >= 15 is 0 Å². The van der Waals surface area contributed by atoms with E-state index in [1.807, 2.05) is 34.6 Å². The molecule has 1 spiro atoms. The maximum atomic E-state index is 12.4. The van der Waals surface area contributed by atoms with E-state index in [1.54, 1.807) is 0 Å². The van der Waals surface area contributed by atoms with Crippen LogP contribution >= 0.6 is 0 Å². The van der Waals surface area contributed by atoms with Gasteiger partial charge in [-0.1, -0.05) is 0 Å². The molecule has 0 unspecified atom stereocenters. The highest BCUT2D eigenvalue weighted by Gasteiger charge is 2.52. The molecule has 0 aliphatic carbocycles. The fourth-order valence-electron chi connectivity index (χ4n) is 4.46. The van der Waals surface area contributed by atoms with Crippen LogP contribution in [-0.4, -0.2) is 63.7 Å². The third-order valence-corrected chi connectivity index (χ3v) is 6.00. The highest BCUT2D eigenvalue weighted by molar-refractivity contribution is 5.82. The standard InChI is InChI=1S/C20H31N7O3/c1-11-17(23-16-13(22-11)15(21)25-26-16)27-8-6-20(7-9-27)10-29-12(2)14(20)30-18(28)24-19(3,4)5/h12,14H,6-10H2,1-5H3,(H,24,28)(H3,21,23,25,26)/t12-,14+/m0/s1. The van der Waals surface area contributed by atoms with Crippen molar-refractivity contribution < 1.29 is 14.3 Å². The average Bonchev–Trinajstić information content (AvgIpc) is 3.16. The molecule has 10 heteroatoms. The third-order valence-electron chi connectivity index (χ3n) is 6.00. The zero-order valence-electron chi connectivity index (χ0n) is 18.3. The van der Waals surface area contributed by atoms with Gasteiger partial charge in [-0.2, -0.15) is 5.10 Å². The van der Waals surface area contributed by atoms with Crippen molar-refractivity contribution >= 4 is 28.9 Å². The first-order chi connectivity index (χ1) is 14.1. The third kappa shape index (κ3) is 3.76. The maximum absolute atomic E-state index is 12.4. The Morgan fingerprint density at radius 2 is 2.03 bits per heavy atom. The minimum absolute atomic E-state index is 0.132. The van der Waals surface area contributed by atoms with Crippen LogP contribution in [0.5, 0.6) is 0 Å². The molecule has 2 fully saturated rings. The molecule has 0 radical (unpaired) electrons. The molecule has 2 saturated heterocycles. The SMILES string of the molecule is Cc1nc2c(N)[nH]nc2nc1N1CCC2(CC1)CO[C@@H](C)[C@H]2OC(=O)NC(C)(C)C. The van der Waals surface area contributed by atoms with Gasteiger partial charge in [-0.25, -0.2) is 14.8 Å². The lowest BCUT2D eigenvalue weighted by Crippen LogP contribution is -2.51. The Kier molecular flexibility index (Phi) is 5.00. The van der Waals surface area contributed by atoms with E-state index in [4.69, 9.17) is 15.2 Å². The molecule has 0 saturated carbocycles. The summed E-state index contributed by atoms with van der Waals surface area (Å²) >= 11 is 0. The van der Waals surface area contributed by atoms with Crippen molar-refractivity contribution in [3.63, 3.8) is 0 Å². The summed E-state index contributed by atoms with van der Waals surface area (Å²) in [6.07, 6.45) is 0.879. The van der Waals surface area contributed by atoms with Gasteiger partial charge in [-0.15, -0.1) is 0 Å². The number of H-pyrrole nitrogens is 1. The number of anilines is 2. The number of hydrogen-bond donors (Lipinski definition) is 3. The van der Waals surface area contributed by atoms with Gasteiger partial charge in [0.2, 0.25) is 5.65 Å². The van der Waals surface area contributed by atoms with Crippen molar-refractivity contribution in [1.29, 1.82) is 0 Å². The summed E-state index contributed by atoms with van der Waals surface area (Å²) in [6.45, 7) is 11.9. The summed E-state index contributed by atoms with van der Waals surface area (Å²) in [5.74, 6) is 1.24. The van der Waals surface area contributed by atoms with E-state index in [9.17, 15) is 4.79 Å². The fourth-order valence-corrected chi connectivity index (χ4v) is 4.46. The van der Waals surface area contributed by atoms with Crippen molar-refractivity contribution in [2.45, 2.75) is 65.2 Å². The Hall–Kier alpha value is -2.62. The normalized spacial score (nSPS) is 23.8. The lowest BCUT2D eigenvalue weighted by molar-refractivity contribution is 0.00114. The minimum Gasteiger partial charge on any atom is -0.443 e. The molecular weight excluding hydrogens is 386 g/mol. The average molecular weight is 418 g/mol. The van der Waals surface area contributed by atoms with Gasteiger partial charge in [0.05, 0.1) is 18.4 Å². The molecule has 2 atom stereocenters. The number of amides is 1. The molecular formula is C20H31N7O3. The van der Waals surface area contributed by atoms with Crippen LogP contribution in [0.15, 0.2) is 0 Å². The minimum atomic E-state index is -0.394. The number of carbonyl (C=O) groups excluding carboxylic acids is 1. The first-order valence-electron chi connectivity index (χ1n) is 10.4. The smallest absolute Gasteiger partial charge is 0.407 e. The van der Waals surface area contributed by atoms with Crippen molar-refractivity contribution in [2.24, 2.45) is 5.41 Å². The van der Waals surface area contributed by atoms with Crippen molar-refractivity contribution in [3.8, 4) is 0 Å². The molecule has 2 aromatic rings. The number of rotatable bonds is 2. The van der Waals surface area contributed by atoms with Crippen LogP contribution in [0.2, 0.25) is 0 Å². The van der Waals surface area contributed by atoms with E-state index in [-0.39, 0.29) is 23.2 Å². The molecule has 2 aliphatic heterocycles. The van der Waals surface area contributed by atoms with Crippen LogP contribution in [0.3, 0.4) is 0 Å². The lowest BCUT2D eigenvalue weighted by atomic mass is 9.74. The van der Waals surface area contributed by atoms with Crippen molar-refractivity contribution in [2.75, 3.05) is 30.3 Å². The predicted molar refractivity (Wildman–Crippen MR) is 113 cm³/mol. The number of nitrogen functional groups attached to an aromatic ring is 1. The number of alkyl carbamates (subject to hydrolysis) is 1. The van der Waals surface area contributed by atoms with Crippen LogP contribution in [0.1, 0.15) is 46.2 Å². The number of hydrogen-bond acceptors (Lipinski definition) is 8. The van der Waals surface area contributed by atoms with Crippen molar-refractivity contribution in [3.05, 3.63) is 5.69 Å². The van der Waals surface area contributed by atoms with Gasteiger partial charge in [-0.05, 0) is 47.5 Å². The summed E-state index contributed by atoms with van der Waals surface area (Å²) < 4.78 is 11.8. The van der Waals surface area contributed by atoms with Crippen LogP contribution in [0, 0.1) is 12.3 Å². The summed E-state index contributed by atoms with van der Waals surface area (Å²) in [6, 6.07) is 0. The molecule has 2 aliphatic rings. The van der Waals surface area contributed by atoms with Gasteiger partial charge in [0.25, 0.3) is 0 Å². The van der Waals surface area contributed by atoms with Crippen molar-refractivity contribution in [1.82, 2.24) is 25.5 Å². The zero-order chi connectivity index (χ0) is 21.7. The Balaban J connectivity index is 1.48. The number of carbonyl (C=O) groups is 1. The van der Waals surface area contributed by atoms with E-state index in [0.29, 0.717) is 23.6 Å². The van der Waals surface area contributed by atoms with E-state index in [0.717, 1.165) is 37.4 Å². The van der Waals surface area contributed by atoms with Crippen LogP contribution in [-0.2, 0) is 9.47 Å². The predicted octanol–water partition coefficient (Wildman–Crippen LogP) is 2.14. The van der Waals surface area contributed by atoms with E-state index in [2.05, 4.69) is 30.4 Å². The topological polar surface area (TPSA) is 131 Å². The molecule has 0 aromatic carbocycles. The second-order valence-electron chi connectivity index (χ2n) is 9.51. The molecule has 30 heavy (non-hydrogen) atoms. The largest absolute Gasteiger partial charge is 0.443 e. The van der Waals surface area contributed by atoms with Crippen LogP contribution < -0.4 is 16.0 Å². The number of nitrogens with zero attached hydrogens (tertiary/aromatic N) is 4. The van der Waals surface area contributed by atoms with Crippen LogP contribution in [0.25, 0.3) is 11.2 Å². The number of nitrogens with one attached hydrogen (secondary N) is 2. The number of piperidine rings is 1. The lowest BCUT2D eigenvalue weighted by Gasteiger charge is -2.42. The quantitative estimate of drug-likeness (QED) is 0.677. The number of aromatic amines is 1. The van der Waals surface area contributed by atoms with Gasteiger partial charge >= 0.3 is 6.09 Å². The van der Waals surface area contributed by atoms with Gasteiger partial charge in [0.1, 0.15) is 11.9 Å². The maximum Gasteiger partial charge on any atom is 0.407 e. The monoisotopic (exact) mass is 417 g/mol. The van der Waals surface area contributed by atoms with Gasteiger partial charge < -0.3 is 25.4 Å². The van der Waals surface area contributed by atoms with Gasteiger partial charge in [0.15, 0.2) is 11.3 Å². The summed E-state index contributed by atoms with van der Waals surface area (Å²) in [7, 11) is 0. The first kappa shape index (κ1) is 20.6. The van der Waals surface area contributed by atoms with E-state index < -0.39 is 6.09 Å². The fraction of sp³-hybridized carbons (Fsp3) is 0.700. The number of fused-ring (bicyclic) bond motifs is 1. The molecule has 164 valence electrons. The van der Waals surface area contributed by atoms with Gasteiger partial charge in [0, 0.05) is 24.0 Å². The second-order valence-corrected chi connectivity index (χ2v) is 9.51. The molecule has 0 bridgehead atoms. The number of nitrogens with two attached hydrogens (primary N) is 1. The second kappa shape index (κ2) is 7.26. The summed E-state index contributed by atoms with van der Waals surface area (Å²) in [5.41, 5.74) is 7.27. The Morgan fingerprint density at radius 3 is 2.70 bits per heavy atom. The summed E-state index contributed by atoms with van der Waals surface area (Å²) in [4.78, 5) is 23.9. The first-order valence-corrected chi connectivity index (χ1v) is 10.4.